The Balaban J connectivity index is 2.42. The highest BCUT2D eigenvalue weighted by atomic mass is 16.5. The maximum atomic E-state index is 11.8. The molecule has 1 aromatic rings. The van der Waals surface area contributed by atoms with E-state index in [9.17, 15) is 4.79 Å². The molecule has 1 aliphatic rings. The predicted molar refractivity (Wildman–Crippen MR) is 73.8 cm³/mol. The van der Waals surface area contributed by atoms with Crippen molar-refractivity contribution >= 4 is 5.97 Å². The molecule has 0 fully saturated rings. The van der Waals surface area contributed by atoms with E-state index in [4.69, 9.17) is 9.15 Å². The van der Waals surface area contributed by atoms with Crippen molar-refractivity contribution in [1.82, 2.24) is 0 Å². The van der Waals surface area contributed by atoms with Crippen molar-refractivity contribution in [2.24, 2.45) is 11.3 Å². The van der Waals surface area contributed by atoms with Gasteiger partial charge in [-0.05, 0) is 29.9 Å². The molecule has 0 aromatic carbocycles. The molecule has 0 aliphatic heterocycles. The molecule has 0 spiro atoms. The van der Waals surface area contributed by atoms with Crippen molar-refractivity contribution in [1.29, 1.82) is 0 Å². The summed E-state index contributed by atoms with van der Waals surface area (Å²) in [5.41, 5.74) is 2.59. The molecule has 3 nitrogen and oxygen atoms in total. The molecule has 3 heteroatoms. The number of carbonyl (C=O) groups excluding carboxylic acids is 1. The fourth-order valence-corrected chi connectivity index (χ4v) is 2.86. The summed E-state index contributed by atoms with van der Waals surface area (Å²) in [5.74, 6) is 0.651. The second-order valence-corrected chi connectivity index (χ2v) is 5.48. The van der Waals surface area contributed by atoms with Gasteiger partial charge in [0.15, 0.2) is 0 Å². The van der Waals surface area contributed by atoms with Crippen molar-refractivity contribution in [3.8, 4) is 0 Å². The van der Waals surface area contributed by atoms with E-state index in [0.717, 1.165) is 24.2 Å². The van der Waals surface area contributed by atoms with E-state index in [1.807, 2.05) is 13.0 Å². The Morgan fingerprint density at radius 3 is 2.89 bits per heavy atom. The fourth-order valence-electron chi connectivity index (χ4n) is 2.86. The topological polar surface area (TPSA) is 39.4 Å². The molecular formula is C16H20O3. The van der Waals surface area contributed by atoms with Crippen LogP contribution in [-0.4, -0.2) is 13.1 Å². The molecule has 0 radical (unpaired) electrons. The van der Waals surface area contributed by atoms with E-state index in [-0.39, 0.29) is 17.3 Å². The third-order valence-electron chi connectivity index (χ3n) is 4.27. The largest absolute Gasteiger partial charge is 0.469 e. The maximum absolute atomic E-state index is 11.8. The number of rotatable bonds is 3. The van der Waals surface area contributed by atoms with Crippen LogP contribution < -0.4 is 0 Å². The first-order valence-electron chi connectivity index (χ1n) is 6.39. The van der Waals surface area contributed by atoms with Crippen LogP contribution in [-0.2, 0) is 22.4 Å². The maximum Gasteiger partial charge on any atom is 0.333 e. The summed E-state index contributed by atoms with van der Waals surface area (Å²) in [6, 6.07) is 0. The third kappa shape index (κ3) is 2.14. The SMILES string of the molecule is C=C[C@]1(C)Cc2occ(C)c2C[C@H]1C(=C)C(=O)OC. The Morgan fingerprint density at radius 2 is 2.32 bits per heavy atom. The van der Waals surface area contributed by atoms with Crippen molar-refractivity contribution in [2.45, 2.75) is 26.7 Å². The van der Waals surface area contributed by atoms with Gasteiger partial charge in [0.05, 0.1) is 13.4 Å². The number of hydrogen-bond donors (Lipinski definition) is 0. The second kappa shape index (κ2) is 4.72. The van der Waals surface area contributed by atoms with Gasteiger partial charge in [-0.1, -0.05) is 19.6 Å². The zero-order chi connectivity index (χ0) is 14.2. The van der Waals surface area contributed by atoms with Crippen molar-refractivity contribution in [3.63, 3.8) is 0 Å². The average molecular weight is 260 g/mol. The van der Waals surface area contributed by atoms with Crippen LogP contribution in [0.5, 0.6) is 0 Å². The first-order chi connectivity index (χ1) is 8.92. The molecule has 2 atom stereocenters. The molecule has 0 saturated carbocycles. The second-order valence-electron chi connectivity index (χ2n) is 5.48. The van der Waals surface area contributed by atoms with Crippen LogP contribution in [0.25, 0.3) is 0 Å². The van der Waals surface area contributed by atoms with Gasteiger partial charge in [-0.2, -0.15) is 0 Å². The summed E-state index contributed by atoms with van der Waals surface area (Å²) in [5, 5.41) is 0. The lowest BCUT2D eigenvalue weighted by molar-refractivity contribution is -0.137. The molecule has 1 heterocycles. The first-order valence-corrected chi connectivity index (χ1v) is 6.39. The zero-order valence-electron chi connectivity index (χ0n) is 11.8. The fraction of sp³-hybridized carbons (Fsp3) is 0.438. The van der Waals surface area contributed by atoms with E-state index in [0.29, 0.717) is 5.57 Å². The predicted octanol–water partition coefficient (Wildman–Crippen LogP) is 3.22. The highest BCUT2D eigenvalue weighted by Crippen LogP contribution is 2.45. The minimum atomic E-state index is -0.345. The molecule has 0 saturated heterocycles. The lowest BCUT2D eigenvalue weighted by Gasteiger charge is -2.39. The molecule has 102 valence electrons. The molecule has 1 aliphatic carbocycles. The molecule has 2 rings (SSSR count). The lowest BCUT2D eigenvalue weighted by atomic mass is 9.64. The zero-order valence-corrected chi connectivity index (χ0v) is 11.8. The van der Waals surface area contributed by atoms with Gasteiger partial charge in [0.25, 0.3) is 0 Å². The van der Waals surface area contributed by atoms with E-state index >= 15 is 0 Å². The summed E-state index contributed by atoms with van der Waals surface area (Å²) in [4.78, 5) is 11.8. The molecule has 1 aromatic heterocycles. The number of esters is 1. The van der Waals surface area contributed by atoms with Crippen molar-refractivity contribution in [2.75, 3.05) is 7.11 Å². The van der Waals surface area contributed by atoms with Crippen LogP contribution in [0.1, 0.15) is 23.8 Å². The van der Waals surface area contributed by atoms with Crippen LogP contribution in [0, 0.1) is 18.3 Å². The van der Waals surface area contributed by atoms with Gasteiger partial charge >= 0.3 is 5.97 Å². The summed E-state index contributed by atoms with van der Waals surface area (Å²) in [6.07, 6.45) is 5.15. The number of ether oxygens (including phenoxy) is 1. The van der Waals surface area contributed by atoms with Crippen molar-refractivity contribution in [3.05, 3.63) is 48.0 Å². The molecule has 0 bridgehead atoms. The van der Waals surface area contributed by atoms with Gasteiger partial charge < -0.3 is 9.15 Å². The average Bonchev–Trinajstić information content (AvgIpc) is 2.76. The van der Waals surface area contributed by atoms with Crippen LogP contribution in [0.15, 0.2) is 35.5 Å². The van der Waals surface area contributed by atoms with Crippen LogP contribution in [0.3, 0.4) is 0 Å². The van der Waals surface area contributed by atoms with E-state index in [1.54, 1.807) is 6.26 Å². The highest BCUT2D eigenvalue weighted by molar-refractivity contribution is 5.88. The standard InChI is InChI=1S/C16H20O3/c1-6-16(4)8-14-12(10(2)9-19-14)7-13(16)11(3)15(17)18-5/h6,9,13H,1,3,7-8H2,2,4-5H3/t13-,16+/m0/s1. The summed E-state index contributed by atoms with van der Waals surface area (Å²) in [6.45, 7) is 12.0. The van der Waals surface area contributed by atoms with Crippen LogP contribution >= 0.6 is 0 Å². The molecule has 0 amide bonds. The molecule has 0 N–H and O–H groups in total. The summed E-state index contributed by atoms with van der Waals surface area (Å²) in [7, 11) is 1.39. The first kappa shape index (κ1) is 13.7. The number of furan rings is 1. The number of methoxy groups -OCH3 is 1. The minimum Gasteiger partial charge on any atom is -0.469 e. The van der Waals surface area contributed by atoms with Crippen molar-refractivity contribution < 1.29 is 13.9 Å². The Morgan fingerprint density at radius 1 is 1.63 bits per heavy atom. The quantitative estimate of drug-likeness (QED) is 0.476. The number of allylic oxidation sites excluding steroid dienone is 1. The summed E-state index contributed by atoms with van der Waals surface area (Å²) < 4.78 is 10.4. The van der Waals surface area contributed by atoms with Crippen LogP contribution in [0.4, 0.5) is 0 Å². The highest BCUT2D eigenvalue weighted by Gasteiger charge is 2.42. The van der Waals surface area contributed by atoms with Gasteiger partial charge in [-0.25, -0.2) is 4.79 Å². The summed E-state index contributed by atoms with van der Waals surface area (Å²) >= 11 is 0. The minimum absolute atomic E-state index is 0.00116. The Kier molecular flexibility index (Phi) is 3.40. The smallest absolute Gasteiger partial charge is 0.333 e. The van der Waals surface area contributed by atoms with Gasteiger partial charge in [-0.3, -0.25) is 0 Å². The van der Waals surface area contributed by atoms with Gasteiger partial charge in [0.1, 0.15) is 5.76 Å². The lowest BCUT2D eigenvalue weighted by Crippen LogP contribution is -2.36. The van der Waals surface area contributed by atoms with Gasteiger partial charge in [0.2, 0.25) is 0 Å². The Bertz CT molecular complexity index is 538. The monoisotopic (exact) mass is 260 g/mol. The number of fused-ring (bicyclic) bond motifs is 1. The number of carbonyl (C=O) groups is 1. The Labute approximate surface area is 113 Å². The van der Waals surface area contributed by atoms with Crippen LogP contribution in [0.2, 0.25) is 0 Å². The van der Waals surface area contributed by atoms with E-state index in [1.165, 1.54) is 12.7 Å². The van der Waals surface area contributed by atoms with Gasteiger partial charge in [0, 0.05) is 17.9 Å². The molecule has 0 unspecified atom stereocenters. The van der Waals surface area contributed by atoms with E-state index in [2.05, 4.69) is 20.1 Å². The van der Waals surface area contributed by atoms with E-state index < -0.39 is 0 Å². The number of aryl methyl sites for hydroxylation is 1. The third-order valence-corrected chi connectivity index (χ3v) is 4.27. The van der Waals surface area contributed by atoms with Gasteiger partial charge in [-0.15, -0.1) is 6.58 Å². The Hall–Kier alpha value is -1.77. The number of hydrogen-bond acceptors (Lipinski definition) is 3. The molecule has 19 heavy (non-hydrogen) atoms. The normalized spacial score (nSPS) is 25.5. The molecular weight excluding hydrogens is 240 g/mol.